The predicted octanol–water partition coefficient (Wildman–Crippen LogP) is 6.24. The Balaban J connectivity index is 1.35. The number of ether oxygens (including phenoxy) is 2. The molecule has 1 saturated heterocycles. The zero-order chi connectivity index (χ0) is 33.0. The van der Waals surface area contributed by atoms with Gasteiger partial charge in [-0.1, -0.05) is 59.6 Å². The van der Waals surface area contributed by atoms with Crippen LogP contribution in [0.3, 0.4) is 0 Å². The van der Waals surface area contributed by atoms with Crippen molar-refractivity contribution in [2.24, 2.45) is 13.0 Å². The van der Waals surface area contributed by atoms with Gasteiger partial charge in [0.1, 0.15) is 5.56 Å². The third-order valence-electron chi connectivity index (χ3n) is 7.86. The number of methoxy groups -OCH3 is 1. The highest BCUT2D eigenvalue weighted by molar-refractivity contribution is 6.39. The topological polar surface area (TPSA) is 116 Å². The molecule has 12 heteroatoms. The lowest BCUT2D eigenvalue weighted by molar-refractivity contribution is -0.154. The molecule has 0 aliphatic carbocycles. The van der Waals surface area contributed by atoms with Gasteiger partial charge in [0, 0.05) is 42.0 Å². The van der Waals surface area contributed by atoms with Crippen LogP contribution >= 0.6 is 23.2 Å². The lowest BCUT2D eigenvalue weighted by atomic mass is 9.96. The number of carbonyl (C=O) groups excluding carboxylic acids is 2. The number of anilines is 1. The summed E-state index contributed by atoms with van der Waals surface area (Å²) in [6.07, 6.45) is 2.76. The van der Waals surface area contributed by atoms with Gasteiger partial charge in [0.05, 0.1) is 40.6 Å². The number of nitrogens with zero attached hydrogens (tertiary/aromatic N) is 4. The normalized spacial score (nSPS) is 13.9. The molecule has 1 aliphatic heterocycles. The number of carbonyl (C=O) groups is 2. The molecule has 0 saturated carbocycles. The summed E-state index contributed by atoms with van der Waals surface area (Å²) in [5.74, 6) is -0.301. The molecule has 2 aromatic heterocycles. The number of likely N-dealkylation sites (tertiary alicyclic amines) is 1. The van der Waals surface area contributed by atoms with Crippen molar-refractivity contribution in [2.75, 3.05) is 25.5 Å². The second kappa shape index (κ2) is 14.5. The van der Waals surface area contributed by atoms with Crippen molar-refractivity contribution < 1.29 is 19.1 Å². The summed E-state index contributed by atoms with van der Waals surface area (Å²) in [6.45, 7) is 5.92. The molecule has 1 N–H and O–H groups in total. The summed E-state index contributed by atoms with van der Waals surface area (Å²) < 4.78 is 12.2. The quantitative estimate of drug-likeness (QED) is 0.209. The van der Waals surface area contributed by atoms with Crippen LogP contribution in [0.15, 0.2) is 65.6 Å². The van der Waals surface area contributed by atoms with Gasteiger partial charge in [-0.15, -0.1) is 0 Å². The van der Waals surface area contributed by atoms with Crippen LogP contribution in [0, 0.1) is 5.92 Å². The zero-order valence-corrected chi connectivity index (χ0v) is 27.6. The molecular formula is C34H35Cl2N5O5. The van der Waals surface area contributed by atoms with Crippen molar-refractivity contribution in [3.8, 4) is 28.3 Å². The van der Waals surface area contributed by atoms with E-state index in [-0.39, 0.29) is 28.6 Å². The highest BCUT2D eigenvalue weighted by Crippen LogP contribution is 2.41. The lowest BCUT2D eigenvalue weighted by Crippen LogP contribution is -2.37. The van der Waals surface area contributed by atoms with E-state index in [4.69, 9.17) is 37.7 Å². The Morgan fingerprint density at radius 1 is 0.978 bits per heavy atom. The number of rotatable bonds is 9. The van der Waals surface area contributed by atoms with Crippen LogP contribution in [-0.2, 0) is 23.1 Å². The fraction of sp³-hybridized carbons (Fsp3) is 0.324. The molecule has 5 rings (SSSR count). The maximum absolute atomic E-state index is 12.9. The first-order valence-electron chi connectivity index (χ1n) is 15.0. The van der Waals surface area contributed by atoms with Crippen LogP contribution < -0.4 is 15.6 Å². The molecule has 10 nitrogen and oxygen atoms in total. The Kier molecular flexibility index (Phi) is 10.4. The number of aromatic nitrogens is 3. The standard InChI is InChI=1S/C34H35Cl2N5O5/c1-20(2)46-34(44)21-14-17-41(18-15-21)19-22-11-12-27(39-32(22)45-4)25-9-5-7-23(29(25)35)24-8-6-10-28(30(24)36)38-31(42)26-13-16-37-40(3)33(26)43/h5-13,16,20-21H,14-15,17-19H2,1-4H3,(H,38,42). The van der Waals surface area contributed by atoms with Crippen molar-refractivity contribution in [3.05, 3.63) is 92.3 Å². The molecule has 0 spiro atoms. The number of piperidine rings is 1. The summed E-state index contributed by atoms with van der Waals surface area (Å²) in [7, 11) is 3.06. The molecular weight excluding hydrogens is 629 g/mol. The van der Waals surface area contributed by atoms with E-state index >= 15 is 0 Å². The van der Waals surface area contributed by atoms with E-state index in [1.165, 1.54) is 19.3 Å². The third-order valence-corrected chi connectivity index (χ3v) is 8.68. The largest absolute Gasteiger partial charge is 0.481 e. The molecule has 46 heavy (non-hydrogen) atoms. The number of hydrogen-bond donors (Lipinski definition) is 1. The molecule has 1 amide bonds. The first kappa shape index (κ1) is 33.1. The van der Waals surface area contributed by atoms with Crippen molar-refractivity contribution >= 4 is 40.8 Å². The van der Waals surface area contributed by atoms with Crippen LogP contribution in [0.1, 0.15) is 42.6 Å². The maximum atomic E-state index is 12.9. The summed E-state index contributed by atoms with van der Waals surface area (Å²) >= 11 is 13.8. The van der Waals surface area contributed by atoms with Gasteiger partial charge in [-0.3, -0.25) is 19.3 Å². The minimum Gasteiger partial charge on any atom is -0.481 e. The van der Waals surface area contributed by atoms with Crippen molar-refractivity contribution in [1.29, 1.82) is 0 Å². The number of nitrogens with one attached hydrogen (secondary N) is 1. The van der Waals surface area contributed by atoms with Crippen LogP contribution in [0.4, 0.5) is 5.69 Å². The number of halogens is 2. The number of hydrogen-bond acceptors (Lipinski definition) is 8. The van der Waals surface area contributed by atoms with Crippen LogP contribution in [0.2, 0.25) is 10.0 Å². The molecule has 0 unspecified atom stereocenters. The van der Waals surface area contributed by atoms with E-state index in [1.807, 2.05) is 44.2 Å². The number of pyridine rings is 1. The molecule has 240 valence electrons. The maximum Gasteiger partial charge on any atom is 0.309 e. The molecule has 1 fully saturated rings. The van der Waals surface area contributed by atoms with E-state index in [0.717, 1.165) is 36.2 Å². The Hall–Kier alpha value is -4.25. The monoisotopic (exact) mass is 663 g/mol. The predicted molar refractivity (Wildman–Crippen MR) is 178 cm³/mol. The molecule has 0 bridgehead atoms. The molecule has 3 heterocycles. The summed E-state index contributed by atoms with van der Waals surface area (Å²) in [5, 5.41) is 7.27. The Morgan fingerprint density at radius 2 is 1.65 bits per heavy atom. The number of aryl methyl sites for hydroxylation is 1. The van der Waals surface area contributed by atoms with Gasteiger partial charge in [-0.05, 0) is 58.0 Å². The average Bonchev–Trinajstić information content (AvgIpc) is 3.04. The average molecular weight is 665 g/mol. The van der Waals surface area contributed by atoms with Gasteiger partial charge in [-0.2, -0.15) is 5.10 Å². The lowest BCUT2D eigenvalue weighted by Gasteiger charge is -2.31. The minimum absolute atomic E-state index is 0.0571. The molecule has 2 aromatic carbocycles. The third kappa shape index (κ3) is 7.25. The van der Waals surface area contributed by atoms with Crippen LogP contribution in [0.5, 0.6) is 5.88 Å². The van der Waals surface area contributed by atoms with Crippen molar-refractivity contribution in [1.82, 2.24) is 19.7 Å². The fourth-order valence-corrected chi connectivity index (χ4v) is 6.05. The van der Waals surface area contributed by atoms with Crippen LogP contribution in [-0.4, -0.2) is 57.8 Å². The van der Waals surface area contributed by atoms with Gasteiger partial charge in [0.25, 0.3) is 11.5 Å². The van der Waals surface area contributed by atoms with Gasteiger partial charge in [0.2, 0.25) is 5.88 Å². The summed E-state index contributed by atoms with van der Waals surface area (Å²) in [5.41, 5.74) is 3.22. The molecule has 0 radical (unpaired) electrons. The van der Waals surface area contributed by atoms with E-state index in [2.05, 4.69) is 15.3 Å². The number of benzene rings is 2. The van der Waals surface area contributed by atoms with Gasteiger partial charge >= 0.3 is 5.97 Å². The second-order valence-corrected chi connectivity index (χ2v) is 12.1. The Bertz CT molecular complexity index is 1820. The minimum atomic E-state index is -0.601. The highest BCUT2D eigenvalue weighted by atomic mass is 35.5. The Morgan fingerprint density at radius 3 is 2.35 bits per heavy atom. The SMILES string of the molecule is COc1nc(-c2cccc(-c3cccc(NC(=O)c4ccnn(C)c4=O)c3Cl)c2Cl)ccc1CN1CCC(C(=O)OC(C)C)CC1. The van der Waals surface area contributed by atoms with Crippen molar-refractivity contribution in [2.45, 2.75) is 39.3 Å². The van der Waals surface area contributed by atoms with E-state index in [9.17, 15) is 14.4 Å². The van der Waals surface area contributed by atoms with Gasteiger partial charge in [-0.25, -0.2) is 9.67 Å². The smallest absolute Gasteiger partial charge is 0.309 e. The number of amides is 1. The zero-order valence-electron chi connectivity index (χ0n) is 26.0. The van der Waals surface area contributed by atoms with E-state index in [0.29, 0.717) is 45.5 Å². The molecule has 0 atom stereocenters. The molecule has 1 aliphatic rings. The van der Waals surface area contributed by atoms with E-state index < -0.39 is 11.5 Å². The van der Waals surface area contributed by atoms with Gasteiger partial charge < -0.3 is 14.8 Å². The number of esters is 1. The second-order valence-electron chi connectivity index (χ2n) is 11.4. The van der Waals surface area contributed by atoms with Crippen molar-refractivity contribution in [3.63, 3.8) is 0 Å². The highest BCUT2D eigenvalue weighted by Gasteiger charge is 2.27. The Labute approximate surface area is 277 Å². The first-order valence-corrected chi connectivity index (χ1v) is 15.7. The van der Waals surface area contributed by atoms with Crippen LogP contribution in [0.25, 0.3) is 22.4 Å². The van der Waals surface area contributed by atoms with Gasteiger partial charge in [0.15, 0.2) is 0 Å². The summed E-state index contributed by atoms with van der Waals surface area (Å²) in [4.78, 5) is 44.7. The van der Waals surface area contributed by atoms with E-state index in [1.54, 1.807) is 25.3 Å². The molecule has 4 aromatic rings. The fourth-order valence-electron chi connectivity index (χ4n) is 5.46. The first-order chi connectivity index (χ1) is 22.1. The summed E-state index contributed by atoms with van der Waals surface area (Å²) in [6, 6.07) is 16.0.